The van der Waals surface area contributed by atoms with Crippen molar-refractivity contribution in [3.05, 3.63) is 58.7 Å². The van der Waals surface area contributed by atoms with Crippen molar-refractivity contribution in [2.75, 3.05) is 13.1 Å². The number of carbonyl (C=O) groups is 2. The maximum atomic E-state index is 12.2. The zero-order valence-electron chi connectivity index (χ0n) is 18.7. The fourth-order valence-corrected chi connectivity index (χ4v) is 2.91. The molecule has 2 rings (SSSR count). The number of rotatable bonds is 10. The van der Waals surface area contributed by atoms with Crippen LogP contribution in [0.1, 0.15) is 30.4 Å². The van der Waals surface area contributed by atoms with Crippen molar-refractivity contribution in [2.45, 2.75) is 19.3 Å². The van der Waals surface area contributed by atoms with Gasteiger partial charge in [-0.25, -0.2) is 0 Å². The fraction of sp³-hybridized carbons (Fsp3) is 0.200. The summed E-state index contributed by atoms with van der Waals surface area (Å²) < 4.78 is 0. The van der Waals surface area contributed by atoms with Gasteiger partial charge in [0.25, 0.3) is 11.8 Å². The highest BCUT2D eigenvalue weighted by Gasteiger charge is 2.11. The van der Waals surface area contributed by atoms with Crippen LogP contribution in [0.3, 0.4) is 0 Å². The average Bonchev–Trinajstić information content (AvgIpc) is 2.84. The molecule has 10 nitrogen and oxygen atoms in total. The molecule has 6 N–H and O–H groups in total. The molecule has 2 aromatic carbocycles. The van der Waals surface area contributed by atoms with Crippen molar-refractivity contribution in [1.82, 2.24) is 10.6 Å². The van der Waals surface area contributed by atoms with E-state index in [1.807, 2.05) is 0 Å². The summed E-state index contributed by atoms with van der Waals surface area (Å²) in [5, 5.41) is 61.3. The molecule has 35 heavy (non-hydrogen) atoms. The lowest BCUT2D eigenvalue weighted by Gasteiger charge is -2.06. The lowest BCUT2D eigenvalue weighted by Crippen LogP contribution is -2.27. The highest BCUT2D eigenvalue weighted by Crippen LogP contribution is 2.26. The first-order valence-electron chi connectivity index (χ1n) is 10.6. The number of phenols is 4. The number of hydrogen-bond acceptors (Lipinski definition) is 8. The molecule has 0 unspecified atom stereocenters. The Labute approximate surface area is 201 Å². The third-order valence-electron chi connectivity index (χ3n) is 4.78. The molecule has 0 bridgehead atoms. The zero-order chi connectivity index (χ0) is 25.8. The van der Waals surface area contributed by atoms with E-state index in [4.69, 9.17) is 0 Å². The monoisotopic (exact) mass is 476 g/mol. The number of phenolic OH excluding ortho intramolecular Hbond substituents is 4. The van der Waals surface area contributed by atoms with Crippen LogP contribution in [0.2, 0.25) is 0 Å². The summed E-state index contributed by atoms with van der Waals surface area (Å²) in [7, 11) is 0. The lowest BCUT2D eigenvalue weighted by molar-refractivity contribution is -0.117. The van der Waals surface area contributed by atoms with Gasteiger partial charge in [0, 0.05) is 13.1 Å². The van der Waals surface area contributed by atoms with Gasteiger partial charge in [-0.1, -0.05) is 12.1 Å². The Morgan fingerprint density at radius 1 is 0.686 bits per heavy atom. The molecular formula is C25H24N4O6. The molecule has 0 atom stereocenters. The van der Waals surface area contributed by atoms with E-state index in [0.717, 1.165) is 0 Å². The van der Waals surface area contributed by atoms with Gasteiger partial charge in [-0.3, -0.25) is 9.59 Å². The summed E-state index contributed by atoms with van der Waals surface area (Å²) in [6.07, 6.45) is 4.44. The largest absolute Gasteiger partial charge is 0.504 e. The molecule has 10 heteroatoms. The van der Waals surface area contributed by atoms with Gasteiger partial charge in [0.05, 0.1) is 0 Å². The van der Waals surface area contributed by atoms with E-state index in [-0.39, 0.29) is 34.1 Å². The molecule has 0 aliphatic rings. The van der Waals surface area contributed by atoms with E-state index in [2.05, 4.69) is 10.6 Å². The van der Waals surface area contributed by atoms with E-state index in [9.17, 15) is 40.5 Å². The Balaban J connectivity index is 1.73. The van der Waals surface area contributed by atoms with Gasteiger partial charge in [-0.05, 0) is 66.8 Å². The molecule has 2 amide bonds. The molecule has 0 heterocycles. The molecule has 0 saturated carbocycles. The number of unbranched alkanes of at least 4 members (excludes halogenated alkanes) is 2. The van der Waals surface area contributed by atoms with Crippen molar-refractivity contribution in [3.63, 3.8) is 0 Å². The first-order chi connectivity index (χ1) is 16.7. The van der Waals surface area contributed by atoms with Crippen molar-refractivity contribution < 1.29 is 30.0 Å². The first-order valence-corrected chi connectivity index (χ1v) is 10.6. The first kappa shape index (κ1) is 26.3. The van der Waals surface area contributed by atoms with Crippen LogP contribution >= 0.6 is 0 Å². The molecular weight excluding hydrogens is 452 g/mol. The number of carbonyl (C=O) groups excluding carboxylic acids is 2. The van der Waals surface area contributed by atoms with Crippen LogP contribution in [-0.4, -0.2) is 45.3 Å². The number of amides is 2. The molecule has 0 saturated heterocycles. The normalized spacial score (nSPS) is 11.3. The Kier molecular flexibility index (Phi) is 9.71. The van der Waals surface area contributed by atoms with Crippen molar-refractivity contribution in [2.24, 2.45) is 0 Å². The van der Waals surface area contributed by atoms with Gasteiger partial charge in [0.1, 0.15) is 23.3 Å². The second-order valence-electron chi connectivity index (χ2n) is 7.41. The van der Waals surface area contributed by atoms with Crippen LogP contribution in [0.25, 0.3) is 12.2 Å². The number of hydrogen-bond donors (Lipinski definition) is 6. The van der Waals surface area contributed by atoms with Crippen LogP contribution in [0, 0.1) is 22.7 Å². The summed E-state index contributed by atoms with van der Waals surface area (Å²) >= 11 is 0. The Morgan fingerprint density at radius 2 is 1.09 bits per heavy atom. The maximum absolute atomic E-state index is 12.2. The highest BCUT2D eigenvalue weighted by atomic mass is 16.3. The van der Waals surface area contributed by atoms with Crippen molar-refractivity contribution in [3.8, 4) is 35.1 Å². The minimum atomic E-state index is -0.572. The van der Waals surface area contributed by atoms with Crippen molar-refractivity contribution >= 4 is 24.0 Å². The predicted molar refractivity (Wildman–Crippen MR) is 127 cm³/mol. The van der Waals surface area contributed by atoms with Gasteiger partial charge in [0.15, 0.2) is 23.0 Å². The van der Waals surface area contributed by atoms with Crippen LogP contribution < -0.4 is 10.6 Å². The van der Waals surface area contributed by atoms with E-state index in [1.54, 1.807) is 12.1 Å². The quantitative estimate of drug-likeness (QED) is 0.130. The Hall–Kier alpha value is -4.96. The topological polar surface area (TPSA) is 187 Å². The Bertz CT molecular complexity index is 1140. The predicted octanol–water partition coefficient (Wildman–Crippen LogP) is 2.43. The number of benzene rings is 2. The third kappa shape index (κ3) is 8.15. The van der Waals surface area contributed by atoms with Gasteiger partial charge in [-0.15, -0.1) is 0 Å². The van der Waals surface area contributed by atoms with E-state index >= 15 is 0 Å². The summed E-state index contributed by atoms with van der Waals surface area (Å²) in [6, 6.07) is 11.5. The highest BCUT2D eigenvalue weighted by molar-refractivity contribution is 6.02. The summed E-state index contributed by atoms with van der Waals surface area (Å²) in [4.78, 5) is 24.3. The number of aromatic hydroxyl groups is 4. The third-order valence-corrected chi connectivity index (χ3v) is 4.78. The van der Waals surface area contributed by atoms with Gasteiger partial charge < -0.3 is 31.1 Å². The maximum Gasteiger partial charge on any atom is 0.261 e. The average molecular weight is 476 g/mol. The van der Waals surface area contributed by atoms with Crippen LogP contribution in [-0.2, 0) is 9.59 Å². The second-order valence-corrected chi connectivity index (χ2v) is 7.41. The lowest BCUT2D eigenvalue weighted by atomic mass is 10.1. The minimum absolute atomic E-state index is 0.153. The van der Waals surface area contributed by atoms with Crippen LogP contribution in [0.4, 0.5) is 0 Å². The zero-order valence-corrected chi connectivity index (χ0v) is 18.7. The van der Waals surface area contributed by atoms with E-state index < -0.39 is 11.8 Å². The minimum Gasteiger partial charge on any atom is -0.504 e. The van der Waals surface area contributed by atoms with E-state index in [0.29, 0.717) is 43.5 Å². The van der Waals surface area contributed by atoms with Crippen molar-refractivity contribution in [1.29, 1.82) is 10.5 Å². The SMILES string of the molecule is N#C/C(=C\c1ccc(O)c(O)c1)C(=O)NCCCCCNC(=O)/C(C#N)=C/c1ccc(O)c(O)c1. The Morgan fingerprint density at radius 3 is 1.43 bits per heavy atom. The molecule has 0 aliphatic heterocycles. The summed E-state index contributed by atoms with van der Waals surface area (Å²) in [5.41, 5.74) is 0.465. The standard InChI is InChI=1S/C25H24N4O6/c26-14-18(10-16-4-6-20(30)22(32)12-16)24(34)28-8-2-1-3-9-29-25(35)19(15-27)11-17-5-7-21(31)23(33)13-17/h4-7,10-13,30-33H,1-3,8-9H2,(H,28,34)(H,29,35)/b18-10+,19-11+. The summed E-state index contributed by atoms with van der Waals surface area (Å²) in [6.45, 7) is 0.612. The van der Waals surface area contributed by atoms with Gasteiger partial charge in [0.2, 0.25) is 0 Å². The molecule has 0 radical (unpaired) electrons. The second kappa shape index (κ2) is 12.9. The molecule has 0 spiro atoms. The molecule has 180 valence electrons. The van der Waals surface area contributed by atoms with E-state index in [1.165, 1.54) is 48.6 Å². The van der Waals surface area contributed by atoms with Gasteiger partial charge >= 0.3 is 0 Å². The smallest absolute Gasteiger partial charge is 0.261 e. The van der Waals surface area contributed by atoms with Crippen LogP contribution in [0.5, 0.6) is 23.0 Å². The molecule has 0 aromatic heterocycles. The fourth-order valence-electron chi connectivity index (χ4n) is 2.91. The number of nitrogens with zero attached hydrogens (tertiary/aromatic N) is 2. The molecule has 0 fully saturated rings. The molecule has 0 aliphatic carbocycles. The number of nitriles is 2. The van der Waals surface area contributed by atoms with Gasteiger partial charge in [-0.2, -0.15) is 10.5 Å². The molecule has 2 aromatic rings. The summed E-state index contributed by atoms with van der Waals surface area (Å²) in [5.74, 6) is -2.48. The van der Waals surface area contributed by atoms with Crippen LogP contribution in [0.15, 0.2) is 47.5 Å². The number of nitrogens with one attached hydrogen (secondary N) is 2.